The van der Waals surface area contributed by atoms with Crippen LogP contribution in [0.25, 0.3) is 22.2 Å². The van der Waals surface area contributed by atoms with E-state index in [0.717, 1.165) is 21.2 Å². The van der Waals surface area contributed by atoms with Crippen molar-refractivity contribution in [3.63, 3.8) is 0 Å². The smallest absolute Gasteiger partial charge is 0.323 e. The topological polar surface area (TPSA) is 164 Å². The van der Waals surface area contributed by atoms with Gasteiger partial charge in [0.1, 0.15) is 36.6 Å². The molecule has 0 aliphatic rings. The predicted octanol–water partition coefficient (Wildman–Crippen LogP) is 4.61. The minimum Gasteiger partial charge on any atom is -0.488 e. The van der Waals surface area contributed by atoms with E-state index in [4.69, 9.17) is 14.1 Å². The standard InChI is InChI=1S/C30H24BrN5O6/c31-27-21(7-4-8-22(27)20-5-2-1-3-6-20)17-41-26-10-25(40-16-19-9-18(11-32)12-33-13-19)23(28-29(26)36-42-35-28)14-34-24(15-37)30(38)39/h1-10,12-13,24,34,37H,14-17H2,(H,38,39). The van der Waals surface area contributed by atoms with E-state index >= 15 is 0 Å². The van der Waals surface area contributed by atoms with Crippen molar-refractivity contribution in [1.82, 2.24) is 20.6 Å². The second-order valence-electron chi connectivity index (χ2n) is 9.18. The molecule has 5 rings (SSSR count). The van der Waals surface area contributed by atoms with Crippen LogP contribution in [0.2, 0.25) is 0 Å². The Morgan fingerprint density at radius 3 is 2.57 bits per heavy atom. The predicted molar refractivity (Wildman–Crippen MR) is 154 cm³/mol. The molecule has 5 aromatic rings. The molecule has 0 amide bonds. The van der Waals surface area contributed by atoms with Crippen LogP contribution in [-0.2, 0) is 24.6 Å². The molecule has 11 nitrogen and oxygen atoms in total. The lowest BCUT2D eigenvalue weighted by Crippen LogP contribution is -2.39. The molecule has 0 aliphatic heterocycles. The summed E-state index contributed by atoms with van der Waals surface area (Å²) in [4.78, 5) is 15.5. The maximum absolute atomic E-state index is 11.5. The average molecular weight is 630 g/mol. The number of aliphatic hydroxyl groups is 1. The van der Waals surface area contributed by atoms with Gasteiger partial charge in [-0.15, -0.1) is 0 Å². The van der Waals surface area contributed by atoms with Crippen molar-refractivity contribution >= 4 is 32.9 Å². The van der Waals surface area contributed by atoms with Crippen molar-refractivity contribution < 1.29 is 29.1 Å². The van der Waals surface area contributed by atoms with E-state index in [1.54, 1.807) is 18.3 Å². The molecule has 2 aromatic heterocycles. The van der Waals surface area contributed by atoms with Crippen LogP contribution in [-0.4, -0.2) is 44.1 Å². The number of nitrogens with one attached hydrogen (secondary N) is 1. The van der Waals surface area contributed by atoms with Crippen LogP contribution in [0, 0.1) is 11.3 Å². The first-order valence-electron chi connectivity index (χ1n) is 12.8. The van der Waals surface area contributed by atoms with Gasteiger partial charge in [0.2, 0.25) is 0 Å². The molecule has 2 heterocycles. The summed E-state index contributed by atoms with van der Waals surface area (Å²) in [5, 5.41) is 38.9. The van der Waals surface area contributed by atoms with Gasteiger partial charge in [0.05, 0.1) is 12.2 Å². The number of fused-ring (bicyclic) bond motifs is 1. The largest absolute Gasteiger partial charge is 0.488 e. The Kier molecular flexibility index (Phi) is 9.03. The molecule has 0 fully saturated rings. The molecule has 42 heavy (non-hydrogen) atoms. The van der Waals surface area contributed by atoms with E-state index in [2.05, 4.69) is 36.5 Å². The number of hydrogen-bond donors (Lipinski definition) is 3. The molecule has 212 valence electrons. The average Bonchev–Trinajstić information content (AvgIpc) is 3.51. The third kappa shape index (κ3) is 6.39. The van der Waals surface area contributed by atoms with Crippen molar-refractivity contribution in [2.24, 2.45) is 0 Å². The Hall–Kier alpha value is -4.83. The number of carboxylic acid groups (broad SMARTS) is 1. The zero-order valence-electron chi connectivity index (χ0n) is 22.0. The summed E-state index contributed by atoms with van der Waals surface area (Å²) in [5.74, 6) is -0.553. The lowest BCUT2D eigenvalue weighted by molar-refractivity contribution is -0.140. The van der Waals surface area contributed by atoms with Crippen LogP contribution < -0.4 is 14.8 Å². The van der Waals surface area contributed by atoms with Crippen LogP contribution in [0.3, 0.4) is 0 Å². The molecule has 3 aromatic carbocycles. The summed E-state index contributed by atoms with van der Waals surface area (Å²) in [5.41, 5.74) is 5.06. The third-order valence-electron chi connectivity index (χ3n) is 6.44. The Balaban J connectivity index is 1.47. The summed E-state index contributed by atoms with van der Waals surface area (Å²) in [7, 11) is 0. The normalized spacial score (nSPS) is 11.6. The highest BCUT2D eigenvalue weighted by molar-refractivity contribution is 9.10. The summed E-state index contributed by atoms with van der Waals surface area (Å²) in [6.07, 6.45) is 3.03. The lowest BCUT2D eigenvalue weighted by atomic mass is 10.0. The first kappa shape index (κ1) is 28.7. The molecule has 0 saturated carbocycles. The van der Waals surface area contributed by atoms with Gasteiger partial charge in [-0.05, 0) is 43.4 Å². The first-order chi connectivity index (χ1) is 20.5. The highest BCUT2D eigenvalue weighted by Gasteiger charge is 2.23. The molecule has 0 radical (unpaired) electrons. The van der Waals surface area contributed by atoms with Crippen LogP contribution in [0.5, 0.6) is 11.5 Å². The molecule has 0 saturated heterocycles. The molecule has 12 heteroatoms. The summed E-state index contributed by atoms with van der Waals surface area (Å²) in [6, 6.07) is 20.0. The van der Waals surface area contributed by atoms with Crippen molar-refractivity contribution in [3.05, 3.63) is 99.8 Å². The Morgan fingerprint density at radius 1 is 1.02 bits per heavy atom. The minimum atomic E-state index is -1.21. The van der Waals surface area contributed by atoms with E-state index in [9.17, 15) is 20.3 Å². The first-order valence-corrected chi connectivity index (χ1v) is 13.6. The Bertz CT molecular complexity index is 1750. The number of aromatic nitrogens is 3. The van der Waals surface area contributed by atoms with Crippen LogP contribution in [0.4, 0.5) is 0 Å². The fourth-order valence-corrected chi connectivity index (χ4v) is 4.89. The second-order valence-corrected chi connectivity index (χ2v) is 9.98. The molecular formula is C30H24BrN5O6. The van der Waals surface area contributed by atoms with Gasteiger partial charge < -0.3 is 19.7 Å². The van der Waals surface area contributed by atoms with Gasteiger partial charge in [0.15, 0.2) is 11.3 Å². The van der Waals surface area contributed by atoms with Crippen LogP contribution in [0.15, 0.2) is 82.2 Å². The molecular weight excluding hydrogens is 606 g/mol. The number of nitriles is 1. The summed E-state index contributed by atoms with van der Waals surface area (Å²) < 4.78 is 18.3. The highest BCUT2D eigenvalue weighted by Crippen LogP contribution is 2.36. The van der Waals surface area contributed by atoms with Crippen molar-refractivity contribution in [2.75, 3.05) is 6.61 Å². The number of ether oxygens (including phenoxy) is 2. The Labute approximate surface area is 248 Å². The van der Waals surface area contributed by atoms with Crippen molar-refractivity contribution in [1.29, 1.82) is 5.26 Å². The number of hydrogen-bond acceptors (Lipinski definition) is 10. The quantitative estimate of drug-likeness (QED) is 0.176. The summed E-state index contributed by atoms with van der Waals surface area (Å²) in [6.45, 7) is -0.408. The van der Waals surface area contributed by atoms with E-state index in [1.165, 1.54) is 6.20 Å². The molecule has 1 atom stereocenters. The molecule has 0 bridgehead atoms. The maximum atomic E-state index is 11.5. The van der Waals surface area contributed by atoms with E-state index in [0.29, 0.717) is 39.2 Å². The lowest BCUT2D eigenvalue weighted by Gasteiger charge is -2.17. The van der Waals surface area contributed by atoms with Gasteiger partial charge in [-0.2, -0.15) is 5.26 Å². The zero-order chi connectivity index (χ0) is 29.5. The van der Waals surface area contributed by atoms with E-state index in [1.807, 2.05) is 54.6 Å². The third-order valence-corrected chi connectivity index (χ3v) is 7.37. The zero-order valence-corrected chi connectivity index (χ0v) is 23.6. The number of rotatable bonds is 12. The number of carboxylic acids is 1. The van der Waals surface area contributed by atoms with E-state index < -0.39 is 18.6 Å². The van der Waals surface area contributed by atoms with Crippen LogP contribution >= 0.6 is 15.9 Å². The fraction of sp³-hybridized carbons (Fsp3) is 0.167. The maximum Gasteiger partial charge on any atom is 0.323 e. The molecule has 1 unspecified atom stereocenters. The number of pyridine rings is 1. The second kappa shape index (κ2) is 13.2. The number of carbonyl (C=O) groups is 1. The fourth-order valence-electron chi connectivity index (χ4n) is 4.28. The SMILES string of the molecule is N#Cc1cncc(COc2cc(OCc3cccc(-c4ccccc4)c3Br)c3nonc3c2CNC(CO)C(=O)O)c1. The number of aliphatic hydroxyl groups excluding tert-OH is 1. The number of halogens is 1. The van der Waals surface area contributed by atoms with Gasteiger partial charge in [0.25, 0.3) is 0 Å². The number of benzene rings is 3. The number of nitrogens with zero attached hydrogens (tertiary/aromatic N) is 4. The van der Waals surface area contributed by atoms with Gasteiger partial charge >= 0.3 is 5.97 Å². The van der Waals surface area contributed by atoms with Gasteiger partial charge in [-0.1, -0.05) is 48.5 Å². The van der Waals surface area contributed by atoms with Gasteiger partial charge in [0, 0.05) is 46.2 Å². The van der Waals surface area contributed by atoms with Gasteiger partial charge in [-0.3, -0.25) is 15.1 Å². The summed E-state index contributed by atoms with van der Waals surface area (Å²) >= 11 is 3.72. The number of aliphatic carboxylic acids is 1. The van der Waals surface area contributed by atoms with Crippen molar-refractivity contribution in [3.8, 4) is 28.7 Å². The van der Waals surface area contributed by atoms with E-state index in [-0.39, 0.29) is 19.8 Å². The molecule has 0 aliphatic carbocycles. The minimum absolute atomic E-state index is 0.0288. The Morgan fingerprint density at radius 2 is 1.81 bits per heavy atom. The monoisotopic (exact) mass is 629 g/mol. The van der Waals surface area contributed by atoms with Gasteiger partial charge in [-0.25, -0.2) is 4.63 Å². The molecule has 0 spiro atoms. The molecule has 3 N–H and O–H groups in total. The van der Waals surface area contributed by atoms with Crippen molar-refractivity contribution in [2.45, 2.75) is 25.8 Å². The highest BCUT2D eigenvalue weighted by atomic mass is 79.9. The van der Waals surface area contributed by atoms with Crippen LogP contribution in [0.1, 0.15) is 22.3 Å².